The number of unbranched alkanes of at least 4 members (excludes halogenated alkanes) is 2. The lowest BCUT2D eigenvalue weighted by molar-refractivity contribution is -0.119. The van der Waals surface area contributed by atoms with Crippen LogP contribution in [0.2, 0.25) is 0 Å². The standard InChI is InChI=1S/C9H21N3O2/c1-12(5-3-2-4-6-13)7-8(10)9(11)14/h8,13H,2-7,10H2,1H3,(H2,11,14). The van der Waals surface area contributed by atoms with Gasteiger partial charge in [-0.3, -0.25) is 4.79 Å². The Morgan fingerprint density at radius 2 is 2.07 bits per heavy atom. The van der Waals surface area contributed by atoms with Crippen LogP contribution in [-0.2, 0) is 4.79 Å². The summed E-state index contributed by atoms with van der Waals surface area (Å²) in [6, 6.07) is -0.585. The molecule has 0 fully saturated rings. The van der Waals surface area contributed by atoms with Gasteiger partial charge in [0.2, 0.25) is 5.91 Å². The first-order valence-electron chi connectivity index (χ1n) is 4.92. The maximum absolute atomic E-state index is 10.6. The topological polar surface area (TPSA) is 92.6 Å². The lowest BCUT2D eigenvalue weighted by Crippen LogP contribution is -2.45. The highest BCUT2D eigenvalue weighted by Gasteiger charge is 2.11. The van der Waals surface area contributed by atoms with Gasteiger partial charge in [-0.05, 0) is 32.9 Å². The molecule has 0 aliphatic heterocycles. The molecule has 1 atom stereocenters. The Bertz CT molecular complexity index is 164. The summed E-state index contributed by atoms with van der Waals surface area (Å²) in [5.74, 6) is -0.466. The van der Waals surface area contributed by atoms with Crippen molar-refractivity contribution in [2.24, 2.45) is 11.5 Å². The predicted molar refractivity (Wildman–Crippen MR) is 55.6 cm³/mol. The monoisotopic (exact) mass is 203 g/mol. The maximum atomic E-state index is 10.6. The van der Waals surface area contributed by atoms with E-state index in [0.29, 0.717) is 6.54 Å². The average Bonchev–Trinajstić information content (AvgIpc) is 2.12. The minimum absolute atomic E-state index is 0.241. The first kappa shape index (κ1) is 13.4. The Kier molecular flexibility index (Phi) is 7.37. The van der Waals surface area contributed by atoms with Gasteiger partial charge < -0.3 is 21.5 Å². The summed E-state index contributed by atoms with van der Waals surface area (Å²) in [4.78, 5) is 12.6. The van der Waals surface area contributed by atoms with Crippen LogP contribution in [0.4, 0.5) is 0 Å². The van der Waals surface area contributed by atoms with Gasteiger partial charge in [-0.25, -0.2) is 0 Å². The fraction of sp³-hybridized carbons (Fsp3) is 0.889. The molecule has 0 aliphatic carbocycles. The number of nitrogens with two attached hydrogens (primary N) is 2. The summed E-state index contributed by atoms with van der Waals surface area (Å²) in [5.41, 5.74) is 10.5. The first-order valence-corrected chi connectivity index (χ1v) is 4.92. The van der Waals surface area contributed by atoms with Crippen LogP contribution in [0.15, 0.2) is 0 Å². The van der Waals surface area contributed by atoms with Crippen molar-refractivity contribution >= 4 is 5.91 Å². The third-order valence-corrected chi connectivity index (χ3v) is 2.07. The minimum Gasteiger partial charge on any atom is -0.396 e. The summed E-state index contributed by atoms with van der Waals surface area (Å²) in [6.45, 7) is 1.61. The largest absolute Gasteiger partial charge is 0.396 e. The zero-order valence-electron chi connectivity index (χ0n) is 8.78. The van der Waals surface area contributed by atoms with Crippen LogP contribution in [0.3, 0.4) is 0 Å². The summed E-state index contributed by atoms with van der Waals surface area (Å²) in [5, 5.41) is 8.55. The zero-order valence-corrected chi connectivity index (χ0v) is 8.78. The van der Waals surface area contributed by atoms with Crippen LogP contribution in [0.25, 0.3) is 0 Å². The summed E-state index contributed by atoms with van der Waals surface area (Å²) in [7, 11) is 1.90. The van der Waals surface area contributed by atoms with Gasteiger partial charge in [0.1, 0.15) is 0 Å². The number of nitrogens with zero attached hydrogens (tertiary/aromatic N) is 1. The SMILES string of the molecule is CN(CCCCCO)CC(N)C(N)=O. The Morgan fingerprint density at radius 1 is 1.43 bits per heavy atom. The molecule has 0 spiro atoms. The van der Waals surface area contributed by atoms with E-state index in [1.54, 1.807) is 0 Å². The number of primary amides is 1. The van der Waals surface area contributed by atoms with Gasteiger partial charge in [0.25, 0.3) is 0 Å². The highest BCUT2D eigenvalue weighted by Crippen LogP contribution is 1.96. The lowest BCUT2D eigenvalue weighted by Gasteiger charge is -2.18. The number of carbonyl (C=O) groups is 1. The molecule has 0 heterocycles. The fourth-order valence-corrected chi connectivity index (χ4v) is 1.19. The van der Waals surface area contributed by atoms with E-state index in [4.69, 9.17) is 16.6 Å². The molecule has 0 bridgehead atoms. The van der Waals surface area contributed by atoms with Gasteiger partial charge in [0.05, 0.1) is 6.04 Å². The number of aliphatic hydroxyl groups is 1. The molecule has 5 nitrogen and oxygen atoms in total. The number of carbonyl (C=O) groups excluding carboxylic acids is 1. The van der Waals surface area contributed by atoms with Gasteiger partial charge in [-0.15, -0.1) is 0 Å². The van der Waals surface area contributed by atoms with E-state index in [1.807, 2.05) is 11.9 Å². The van der Waals surface area contributed by atoms with E-state index < -0.39 is 11.9 Å². The third kappa shape index (κ3) is 6.82. The minimum atomic E-state index is -0.585. The van der Waals surface area contributed by atoms with Gasteiger partial charge in [-0.1, -0.05) is 0 Å². The smallest absolute Gasteiger partial charge is 0.235 e. The summed E-state index contributed by atoms with van der Waals surface area (Å²) in [6.07, 6.45) is 2.82. The Balaban J connectivity index is 3.45. The number of amides is 1. The van der Waals surface area contributed by atoms with Crippen LogP contribution in [0, 0.1) is 0 Å². The van der Waals surface area contributed by atoms with Gasteiger partial charge in [0.15, 0.2) is 0 Å². The number of aliphatic hydroxyl groups excluding tert-OH is 1. The van der Waals surface area contributed by atoms with E-state index in [-0.39, 0.29) is 6.61 Å². The molecule has 0 saturated heterocycles. The van der Waals surface area contributed by atoms with Crippen LogP contribution >= 0.6 is 0 Å². The molecule has 0 aromatic heterocycles. The van der Waals surface area contributed by atoms with Crippen LogP contribution in [0.1, 0.15) is 19.3 Å². The van der Waals surface area contributed by atoms with Crippen molar-refractivity contribution in [1.82, 2.24) is 4.90 Å². The normalized spacial score (nSPS) is 13.1. The van der Waals surface area contributed by atoms with Crippen LogP contribution in [-0.4, -0.2) is 48.7 Å². The van der Waals surface area contributed by atoms with Crippen molar-refractivity contribution in [2.45, 2.75) is 25.3 Å². The molecular formula is C9H21N3O2. The van der Waals surface area contributed by atoms with E-state index in [1.165, 1.54) is 0 Å². The maximum Gasteiger partial charge on any atom is 0.235 e. The molecule has 0 aromatic carbocycles. The average molecular weight is 203 g/mol. The molecule has 1 amide bonds. The quantitative estimate of drug-likeness (QED) is 0.436. The molecule has 0 aromatic rings. The summed E-state index contributed by atoms with van der Waals surface area (Å²) >= 11 is 0. The second-order valence-corrected chi connectivity index (χ2v) is 3.56. The molecular weight excluding hydrogens is 182 g/mol. The van der Waals surface area contributed by atoms with Crippen molar-refractivity contribution in [1.29, 1.82) is 0 Å². The first-order chi connectivity index (χ1) is 6.57. The van der Waals surface area contributed by atoms with Crippen molar-refractivity contribution in [3.8, 4) is 0 Å². The molecule has 5 N–H and O–H groups in total. The van der Waals surface area contributed by atoms with E-state index in [0.717, 1.165) is 25.8 Å². The molecule has 0 aliphatic rings. The molecule has 1 unspecified atom stereocenters. The van der Waals surface area contributed by atoms with E-state index >= 15 is 0 Å². The highest BCUT2D eigenvalue weighted by atomic mass is 16.2. The van der Waals surface area contributed by atoms with Crippen LogP contribution in [0.5, 0.6) is 0 Å². The lowest BCUT2D eigenvalue weighted by atomic mass is 10.2. The Morgan fingerprint density at radius 3 is 2.57 bits per heavy atom. The Labute approximate surface area is 85.1 Å². The number of hydrogen-bond donors (Lipinski definition) is 3. The van der Waals surface area contributed by atoms with Crippen molar-refractivity contribution in [3.63, 3.8) is 0 Å². The number of hydrogen-bond acceptors (Lipinski definition) is 4. The van der Waals surface area contributed by atoms with Crippen molar-refractivity contribution in [3.05, 3.63) is 0 Å². The highest BCUT2D eigenvalue weighted by molar-refractivity contribution is 5.79. The molecule has 0 radical (unpaired) electrons. The molecule has 14 heavy (non-hydrogen) atoms. The molecule has 5 heteroatoms. The second-order valence-electron chi connectivity index (χ2n) is 3.56. The van der Waals surface area contributed by atoms with E-state index in [9.17, 15) is 4.79 Å². The van der Waals surface area contributed by atoms with Crippen molar-refractivity contribution < 1.29 is 9.90 Å². The summed E-state index contributed by atoms with van der Waals surface area (Å²) < 4.78 is 0. The number of likely N-dealkylation sites (N-methyl/N-ethyl adjacent to an activating group) is 1. The molecule has 0 saturated carbocycles. The van der Waals surface area contributed by atoms with Gasteiger partial charge in [-0.2, -0.15) is 0 Å². The third-order valence-electron chi connectivity index (χ3n) is 2.07. The molecule has 84 valence electrons. The van der Waals surface area contributed by atoms with Crippen molar-refractivity contribution in [2.75, 3.05) is 26.7 Å². The predicted octanol–water partition coefficient (Wildman–Crippen LogP) is -1.11. The second kappa shape index (κ2) is 7.73. The zero-order chi connectivity index (χ0) is 11.0. The van der Waals surface area contributed by atoms with Gasteiger partial charge in [0, 0.05) is 13.2 Å². The number of rotatable bonds is 8. The Hall–Kier alpha value is -0.650. The fourth-order valence-electron chi connectivity index (χ4n) is 1.19. The van der Waals surface area contributed by atoms with Crippen LogP contribution < -0.4 is 11.5 Å². The van der Waals surface area contributed by atoms with E-state index in [2.05, 4.69) is 0 Å². The molecule has 0 rings (SSSR count). The van der Waals surface area contributed by atoms with Gasteiger partial charge >= 0.3 is 0 Å².